The standard InChI is InChI=1S/C19H24N4O3S/c1-12(2)17-9-10-23(21-17)27(25,26)22-19(24)20-18-15-7-3-5-13(15)11-14-6-4-8-16(14)18/h9-12H,3-8H2,1-2H3,(H2,20,22,24). The molecule has 7 nitrogen and oxygen atoms in total. The molecule has 8 heteroatoms. The molecule has 2 aliphatic carbocycles. The molecule has 2 N–H and O–H groups in total. The fourth-order valence-electron chi connectivity index (χ4n) is 4.03. The van der Waals surface area contributed by atoms with Gasteiger partial charge in [-0.2, -0.15) is 13.5 Å². The second kappa shape index (κ2) is 6.67. The summed E-state index contributed by atoms with van der Waals surface area (Å²) in [6, 6.07) is 3.16. The number of nitrogens with zero attached hydrogens (tertiary/aromatic N) is 2. The summed E-state index contributed by atoms with van der Waals surface area (Å²) in [4.78, 5) is 12.5. The first-order valence-electron chi connectivity index (χ1n) is 9.41. The van der Waals surface area contributed by atoms with E-state index in [0.29, 0.717) is 5.69 Å². The molecule has 4 rings (SSSR count). The molecule has 2 aliphatic rings. The molecule has 0 fully saturated rings. The predicted molar refractivity (Wildman–Crippen MR) is 103 cm³/mol. The number of urea groups is 1. The van der Waals surface area contributed by atoms with Gasteiger partial charge in [0.2, 0.25) is 0 Å². The van der Waals surface area contributed by atoms with Crippen molar-refractivity contribution in [3.63, 3.8) is 0 Å². The summed E-state index contributed by atoms with van der Waals surface area (Å²) in [6.45, 7) is 3.85. The van der Waals surface area contributed by atoms with Crippen molar-refractivity contribution in [1.82, 2.24) is 13.9 Å². The molecule has 0 saturated carbocycles. The number of nitrogens with one attached hydrogen (secondary N) is 2. The van der Waals surface area contributed by atoms with E-state index in [1.54, 1.807) is 6.07 Å². The average molecular weight is 388 g/mol. The maximum atomic E-state index is 12.5. The van der Waals surface area contributed by atoms with Crippen molar-refractivity contribution in [2.75, 3.05) is 5.32 Å². The maximum Gasteiger partial charge on any atom is 0.346 e. The Morgan fingerprint density at radius 3 is 2.30 bits per heavy atom. The predicted octanol–water partition coefficient (Wildman–Crippen LogP) is 2.90. The molecular weight excluding hydrogens is 364 g/mol. The Morgan fingerprint density at radius 1 is 1.11 bits per heavy atom. The molecule has 0 aliphatic heterocycles. The summed E-state index contributed by atoms with van der Waals surface area (Å²) in [5.41, 5.74) is 6.34. The highest BCUT2D eigenvalue weighted by molar-refractivity contribution is 7.88. The molecule has 0 bridgehead atoms. The van der Waals surface area contributed by atoms with Crippen molar-refractivity contribution in [2.24, 2.45) is 0 Å². The minimum atomic E-state index is -4.08. The number of aromatic nitrogens is 2. The van der Waals surface area contributed by atoms with Gasteiger partial charge in [0.1, 0.15) is 0 Å². The van der Waals surface area contributed by atoms with Crippen LogP contribution in [-0.2, 0) is 35.9 Å². The third-order valence-electron chi connectivity index (χ3n) is 5.36. The van der Waals surface area contributed by atoms with E-state index in [1.807, 2.05) is 13.8 Å². The largest absolute Gasteiger partial charge is 0.346 e. The van der Waals surface area contributed by atoms with Crippen molar-refractivity contribution < 1.29 is 13.2 Å². The van der Waals surface area contributed by atoms with Crippen LogP contribution in [0.1, 0.15) is 60.6 Å². The quantitative estimate of drug-likeness (QED) is 0.842. The van der Waals surface area contributed by atoms with Gasteiger partial charge in [0.15, 0.2) is 0 Å². The number of amides is 2. The zero-order valence-corrected chi connectivity index (χ0v) is 16.4. The van der Waals surface area contributed by atoms with E-state index >= 15 is 0 Å². The van der Waals surface area contributed by atoms with Crippen molar-refractivity contribution in [2.45, 2.75) is 58.3 Å². The smallest absolute Gasteiger partial charge is 0.307 e. The van der Waals surface area contributed by atoms with Gasteiger partial charge < -0.3 is 5.32 Å². The Bertz CT molecular complexity index is 976. The molecule has 1 aromatic carbocycles. The summed E-state index contributed by atoms with van der Waals surface area (Å²) in [6.07, 6.45) is 7.35. The van der Waals surface area contributed by atoms with E-state index in [0.717, 1.165) is 59.4 Å². The molecule has 1 aromatic heterocycles. The van der Waals surface area contributed by atoms with Gasteiger partial charge in [-0.15, -0.1) is 4.09 Å². The number of aryl methyl sites for hydroxylation is 2. The van der Waals surface area contributed by atoms with Crippen molar-refractivity contribution in [1.29, 1.82) is 0 Å². The van der Waals surface area contributed by atoms with Gasteiger partial charge in [-0.25, -0.2) is 9.52 Å². The number of rotatable bonds is 4. The van der Waals surface area contributed by atoms with Gasteiger partial charge in [0.25, 0.3) is 0 Å². The third-order valence-corrected chi connectivity index (χ3v) is 6.50. The van der Waals surface area contributed by atoms with Crippen LogP contribution >= 0.6 is 0 Å². The first kappa shape index (κ1) is 18.0. The van der Waals surface area contributed by atoms with E-state index in [1.165, 1.54) is 17.3 Å². The van der Waals surface area contributed by atoms with Gasteiger partial charge in [0.05, 0.1) is 5.69 Å². The Morgan fingerprint density at radius 2 is 1.74 bits per heavy atom. The molecular formula is C19H24N4O3S. The van der Waals surface area contributed by atoms with E-state index in [4.69, 9.17) is 0 Å². The van der Waals surface area contributed by atoms with Crippen LogP contribution in [0.3, 0.4) is 0 Å². The summed E-state index contributed by atoms with van der Waals surface area (Å²) in [7, 11) is -4.08. The molecule has 27 heavy (non-hydrogen) atoms. The molecule has 0 atom stereocenters. The van der Waals surface area contributed by atoms with Crippen LogP contribution in [-0.4, -0.2) is 23.6 Å². The van der Waals surface area contributed by atoms with Gasteiger partial charge in [-0.05, 0) is 72.8 Å². The average Bonchev–Trinajstić information content (AvgIpc) is 3.34. The minimum absolute atomic E-state index is 0.102. The zero-order chi connectivity index (χ0) is 19.2. The third kappa shape index (κ3) is 3.34. The van der Waals surface area contributed by atoms with E-state index in [2.05, 4.69) is 21.2 Å². The SMILES string of the molecule is CC(C)c1ccn(S(=O)(=O)NC(=O)Nc2c3c(cc4c2CCC4)CCC3)n1. The van der Waals surface area contributed by atoms with Crippen molar-refractivity contribution in [3.05, 3.63) is 46.3 Å². The Kier molecular flexibility index (Phi) is 4.46. The fourth-order valence-corrected chi connectivity index (χ4v) is 4.83. The van der Waals surface area contributed by atoms with E-state index in [9.17, 15) is 13.2 Å². The molecule has 1 heterocycles. The molecule has 0 spiro atoms. The summed E-state index contributed by atoms with van der Waals surface area (Å²) in [5.74, 6) is 0.102. The number of benzene rings is 1. The van der Waals surface area contributed by atoms with Crippen molar-refractivity contribution in [3.8, 4) is 0 Å². The molecule has 2 amide bonds. The Labute approximate surface area is 159 Å². The fraction of sp³-hybridized carbons (Fsp3) is 0.474. The van der Waals surface area contributed by atoms with Crippen LogP contribution in [0.15, 0.2) is 18.3 Å². The number of carbonyl (C=O) groups is 1. The number of carbonyl (C=O) groups excluding carboxylic acids is 1. The molecule has 2 aromatic rings. The second-order valence-corrected chi connectivity index (χ2v) is 9.09. The van der Waals surface area contributed by atoms with Gasteiger partial charge in [-0.1, -0.05) is 19.9 Å². The first-order chi connectivity index (χ1) is 12.8. The molecule has 0 unspecified atom stereocenters. The van der Waals surface area contributed by atoms with Gasteiger partial charge in [-0.3, -0.25) is 0 Å². The highest BCUT2D eigenvalue weighted by atomic mass is 32.2. The first-order valence-corrected chi connectivity index (χ1v) is 10.9. The minimum Gasteiger partial charge on any atom is -0.307 e. The number of anilines is 1. The second-order valence-electron chi connectivity index (χ2n) is 7.56. The van der Waals surface area contributed by atoms with Crippen LogP contribution in [0.2, 0.25) is 0 Å². The lowest BCUT2D eigenvalue weighted by Gasteiger charge is -2.16. The van der Waals surface area contributed by atoms with E-state index in [-0.39, 0.29) is 5.92 Å². The zero-order valence-electron chi connectivity index (χ0n) is 15.6. The highest BCUT2D eigenvalue weighted by Crippen LogP contribution is 2.38. The summed E-state index contributed by atoms with van der Waals surface area (Å²) in [5, 5.41) is 6.87. The Balaban J connectivity index is 1.57. The number of hydrogen-bond acceptors (Lipinski definition) is 4. The van der Waals surface area contributed by atoms with Crippen molar-refractivity contribution >= 4 is 21.9 Å². The topological polar surface area (TPSA) is 93.1 Å². The van der Waals surface area contributed by atoms with Crippen LogP contribution in [0, 0.1) is 0 Å². The highest BCUT2D eigenvalue weighted by Gasteiger charge is 2.26. The van der Waals surface area contributed by atoms with E-state index < -0.39 is 16.2 Å². The Hall–Kier alpha value is -2.35. The molecule has 0 saturated heterocycles. The number of fused-ring (bicyclic) bond motifs is 2. The molecule has 0 radical (unpaired) electrons. The lowest BCUT2D eigenvalue weighted by Crippen LogP contribution is -2.38. The normalized spacial score (nSPS) is 15.7. The lowest BCUT2D eigenvalue weighted by atomic mass is 9.99. The monoisotopic (exact) mass is 388 g/mol. The van der Waals surface area contributed by atoms with Crippen LogP contribution in [0.4, 0.5) is 10.5 Å². The van der Waals surface area contributed by atoms with Crippen LogP contribution in [0.25, 0.3) is 0 Å². The summed E-state index contributed by atoms with van der Waals surface area (Å²) < 4.78 is 27.8. The van der Waals surface area contributed by atoms with Gasteiger partial charge >= 0.3 is 16.2 Å². The van der Waals surface area contributed by atoms with Crippen LogP contribution < -0.4 is 10.0 Å². The van der Waals surface area contributed by atoms with Crippen LogP contribution in [0.5, 0.6) is 0 Å². The maximum absolute atomic E-state index is 12.5. The number of hydrogen-bond donors (Lipinski definition) is 2. The molecule has 144 valence electrons. The lowest BCUT2D eigenvalue weighted by molar-refractivity contribution is 0.256. The summed E-state index contributed by atoms with van der Waals surface area (Å²) >= 11 is 0. The van der Waals surface area contributed by atoms with Gasteiger partial charge in [0, 0.05) is 11.9 Å².